The van der Waals surface area contributed by atoms with E-state index in [1.54, 1.807) is 16.8 Å². The van der Waals surface area contributed by atoms with E-state index in [4.69, 9.17) is 0 Å². The Bertz CT molecular complexity index is 780. The van der Waals surface area contributed by atoms with Crippen LogP contribution in [0, 0.1) is 12.8 Å². The van der Waals surface area contributed by atoms with E-state index in [0.717, 1.165) is 5.56 Å². The molecule has 1 atom stereocenters. The number of amides is 2. The van der Waals surface area contributed by atoms with E-state index in [1.165, 1.54) is 0 Å². The minimum Gasteiger partial charge on any atom is -0.341 e. The highest BCUT2D eigenvalue weighted by Crippen LogP contribution is 2.24. The van der Waals surface area contributed by atoms with Crippen molar-refractivity contribution in [1.82, 2.24) is 9.80 Å². The number of sulfone groups is 1. The summed E-state index contributed by atoms with van der Waals surface area (Å²) in [6.45, 7) is 3.09. The van der Waals surface area contributed by atoms with Gasteiger partial charge in [0.2, 0.25) is 5.91 Å². The fraction of sp³-hybridized carbons (Fsp3) is 0.579. The topological polar surface area (TPSA) is 74.8 Å². The van der Waals surface area contributed by atoms with Gasteiger partial charge in [-0.05, 0) is 38.3 Å². The molecular formula is C19H26N2O4S. The highest BCUT2D eigenvalue weighted by molar-refractivity contribution is 7.91. The van der Waals surface area contributed by atoms with Crippen LogP contribution < -0.4 is 0 Å². The Hall–Kier alpha value is -1.89. The average Bonchev–Trinajstić information content (AvgIpc) is 3.00. The normalized spacial score (nSPS) is 23.0. The van der Waals surface area contributed by atoms with Crippen molar-refractivity contribution < 1.29 is 18.0 Å². The van der Waals surface area contributed by atoms with Crippen molar-refractivity contribution >= 4 is 21.7 Å². The number of nitrogens with zero attached hydrogens (tertiary/aromatic N) is 2. The van der Waals surface area contributed by atoms with Gasteiger partial charge in [-0.15, -0.1) is 0 Å². The van der Waals surface area contributed by atoms with Crippen LogP contribution in [0.3, 0.4) is 0 Å². The van der Waals surface area contributed by atoms with Crippen LogP contribution in [0.2, 0.25) is 0 Å². The van der Waals surface area contributed by atoms with Gasteiger partial charge in [0, 0.05) is 37.7 Å². The van der Waals surface area contributed by atoms with E-state index < -0.39 is 9.84 Å². The maximum Gasteiger partial charge on any atom is 0.253 e. The SMILES string of the molecule is Cc1ccc(C(=O)N2CCC(C(=O)N(C)C3CCS(=O)(=O)C3)CC2)cc1. The molecule has 2 aliphatic heterocycles. The Morgan fingerprint density at radius 2 is 1.69 bits per heavy atom. The number of rotatable bonds is 3. The van der Waals surface area contributed by atoms with Crippen molar-refractivity contribution in [2.45, 2.75) is 32.2 Å². The standard InChI is InChI=1S/C19H26N2O4S/c1-14-3-5-15(6-4-14)19(23)21-10-7-16(8-11-21)18(22)20(2)17-9-12-26(24,25)13-17/h3-6,16-17H,7-13H2,1-2H3. The van der Waals surface area contributed by atoms with Crippen LogP contribution in [0.1, 0.15) is 35.2 Å². The third-order valence-corrected chi connectivity index (χ3v) is 7.28. The van der Waals surface area contributed by atoms with E-state index >= 15 is 0 Å². The third-order valence-electron chi connectivity index (χ3n) is 5.53. The number of benzene rings is 1. The molecule has 1 aromatic rings. The summed E-state index contributed by atoms with van der Waals surface area (Å²) in [6, 6.07) is 7.31. The number of likely N-dealkylation sites (tertiary alicyclic amines) is 1. The molecule has 0 aromatic heterocycles. The summed E-state index contributed by atoms with van der Waals surface area (Å²) in [5, 5.41) is 0. The Morgan fingerprint density at radius 1 is 1.08 bits per heavy atom. The summed E-state index contributed by atoms with van der Waals surface area (Å²) in [4.78, 5) is 28.7. The molecule has 1 unspecified atom stereocenters. The first-order valence-corrected chi connectivity index (χ1v) is 10.9. The second-order valence-corrected chi connectivity index (χ2v) is 9.67. The number of carbonyl (C=O) groups is 2. The number of hydrogen-bond acceptors (Lipinski definition) is 4. The molecule has 2 saturated heterocycles. The van der Waals surface area contributed by atoms with Crippen molar-refractivity contribution in [3.05, 3.63) is 35.4 Å². The summed E-state index contributed by atoms with van der Waals surface area (Å²) in [5.74, 6) is 0.115. The molecule has 6 nitrogen and oxygen atoms in total. The molecule has 2 heterocycles. The fourth-order valence-corrected chi connectivity index (χ4v) is 5.53. The molecule has 2 amide bonds. The quantitative estimate of drug-likeness (QED) is 0.799. The molecule has 3 rings (SSSR count). The number of piperidine rings is 1. The zero-order valence-electron chi connectivity index (χ0n) is 15.3. The summed E-state index contributed by atoms with van der Waals surface area (Å²) in [7, 11) is -1.30. The van der Waals surface area contributed by atoms with Gasteiger partial charge >= 0.3 is 0 Å². The van der Waals surface area contributed by atoms with Gasteiger partial charge in [-0.2, -0.15) is 0 Å². The lowest BCUT2D eigenvalue weighted by molar-refractivity contribution is -0.137. The highest BCUT2D eigenvalue weighted by atomic mass is 32.2. The van der Waals surface area contributed by atoms with Crippen molar-refractivity contribution in [1.29, 1.82) is 0 Å². The summed E-state index contributed by atoms with van der Waals surface area (Å²) >= 11 is 0. The molecule has 1 aromatic carbocycles. The molecule has 7 heteroatoms. The molecule has 2 fully saturated rings. The largest absolute Gasteiger partial charge is 0.341 e. The predicted molar refractivity (Wildman–Crippen MR) is 99.6 cm³/mol. The smallest absolute Gasteiger partial charge is 0.253 e. The first-order valence-electron chi connectivity index (χ1n) is 9.10. The van der Waals surface area contributed by atoms with Gasteiger partial charge in [0.15, 0.2) is 9.84 Å². The molecule has 2 aliphatic rings. The Morgan fingerprint density at radius 3 is 2.23 bits per heavy atom. The zero-order chi connectivity index (χ0) is 18.9. The summed E-state index contributed by atoms with van der Waals surface area (Å²) in [5.41, 5.74) is 1.79. The van der Waals surface area contributed by atoms with Gasteiger partial charge in [0.1, 0.15) is 0 Å². The highest BCUT2D eigenvalue weighted by Gasteiger charge is 2.36. The molecule has 142 valence electrons. The Labute approximate surface area is 155 Å². The molecule has 26 heavy (non-hydrogen) atoms. The van der Waals surface area contributed by atoms with Gasteiger partial charge in [-0.25, -0.2) is 8.42 Å². The third kappa shape index (κ3) is 4.09. The second-order valence-electron chi connectivity index (χ2n) is 7.44. The first-order chi connectivity index (χ1) is 12.3. The van der Waals surface area contributed by atoms with Crippen LogP contribution >= 0.6 is 0 Å². The van der Waals surface area contributed by atoms with E-state index in [1.807, 2.05) is 31.2 Å². The van der Waals surface area contributed by atoms with Crippen LogP contribution in [-0.2, 0) is 14.6 Å². The van der Waals surface area contributed by atoms with Crippen molar-refractivity contribution in [2.24, 2.45) is 5.92 Å². The van der Waals surface area contributed by atoms with Gasteiger partial charge in [-0.3, -0.25) is 9.59 Å². The van der Waals surface area contributed by atoms with Gasteiger partial charge in [0.05, 0.1) is 11.5 Å². The van der Waals surface area contributed by atoms with Crippen molar-refractivity contribution in [3.8, 4) is 0 Å². The van der Waals surface area contributed by atoms with E-state index in [9.17, 15) is 18.0 Å². The lowest BCUT2D eigenvalue weighted by Crippen LogP contribution is -2.46. The Balaban J connectivity index is 1.55. The summed E-state index contributed by atoms with van der Waals surface area (Å²) in [6.07, 6.45) is 1.77. The molecule has 0 saturated carbocycles. The Kier molecular flexibility index (Phi) is 5.37. The minimum absolute atomic E-state index is 0.00569. The predicted octanol–water partition coefficient (Wildman–Crippen LogP) is 1.49. The van der Waals surface area contributed by atoms with Crippen LogP contribution in [0.15, 0.2) is 24.3 Å². The number of carbonyl (C=O) groups excluding carboxylic acids is 2. The molecule has 0 bridgehead atoms. The van der Waals surface area contributed by atoms with Gasteiger partial charge < -0.3 is 9.80 Å². The number of aryl methyl sites for hydroxylation is 1. The molecule has 0 radical (unpaired) electrons. The van der Waals surface area contributed by atoms with E-state index in [0.29, 0.717) is 37.9 Å². The van der Waals surface area contributed by atoms with Crippen molar-refractivity contribution in [2.75, 3.05) is 31.6 Å². The van der Waals surface area contributed by atoms with Gasteiger partial charge in [0.25, 0.3) is 5.91 Å². The second kappa shape index (κ2) is 7.39. The minimum atomic E-state index is -3.01. The fourth-order valence-electron chi connectivity index (χ4n) is 3.76. The van der Waals surface area contributed by atoms with E-state index in [-0.39, 0.29) is 35.3 Å². The zero-order valence-corrected chi connectivity index (χ0v) is 16.2. The lowest BCUT2D eigenvalue weighted by atomic mass is 9.94. The summed E-state index contributed by atoms with van der Waals surface area (Å²) < 4.78 is 23.3. The lowest BCUT2D eigenvalue weighted by Gasteiger charge is -2.34. The molecule has 0 N–H and O–H groups in total. The van der Waals surface area contributed by atoms with Crippen LogP contribution in [0.4, 0.5) is 0 Å². The number of hydrogen-bond donors (Lipinski definition) is 0. The molecule has 0 spiro atoms. The molecular weight excluding hydrogens is 352 g/mol. The first kappa shape index (κ1) is 18.9. The van der Waals surface area contributed by atoms with Crippen LogP contribution in [0.5, 0.6) is 0 Å². The maximum absolute atomic E-state index is 12.7. The monoisotopic (exact) mass is 378 g/mol. The molecule has 0 aliphatic carbocycles. The van der Waals surface area contributed by atoms with Crippen molar-refractivity contribution in [3.63, 3.8) is 0 Å². The average molecular weight is 378 g/mol. The maximum atomic E-state index is 12.7. The van der Waals surface area contributed by atoms with Crippen LogP contribution in [-0.4, -0.2) is 67.7 Å². The van der Waals surface area contributed by atoms with Gasteiger partial charge in [-0.1, -0.05) is 17.7 Å². The van der Waals surface area contributed by atoms with E-state index in [2.05, 4.69) is 0 Å². The van der Waals surface area contributed by atoms with Crippen LogP contribution in [0.25, 0.3) is 0 Å².